The normalized spacial score (nSPS) is 16.5. The molecule has 0 atom stereocenters. The molecule has 0 bridgehead atoms. The quantitative estimate of drug-likeness (QED) is 0.900. The van der Waals surface area contributed by atoms with Crippen LogP contribution in [0.5, 0.6) is 0 Å². The van der Waals surface area contributed by atoms with Crippen molar-refractivity contribution in [2.45, 2.75) is 31.7 Å². The average molecular weight is 246 g/mol. The minimum absolute atomic E-state index is 0.159. The van der Waals surface area contributed by atoms with E-state index in [0.29, 0.717) is 12.6 Å². The highest BCUT2D eigenvalue weighted by Crippen LogP contribution is 2.31. The lowest BCUT2D eigenvalue weighted by Gasteiger charge is -2.29. The number of nitrogens with zero attached hydrogens (tertiary/aromatic N) is 2. The van der Waals surface area contributed by atoms with E-state index in [1.54, 1.807) is 12.5 Å². The lowest BCUT2D eigenvalue weighted by atomic mass is 10.2. The van der Waals surface area contributed by atoms with Gasteiger partial charge in [0, 0.05) is 18.8 Å². The lowest BCUT2D eigenvalue weighted by Crippen LogP contribution is -2.36. The van der Waals surface area contributed by atoms with Crippen LogP contribution in [0.4, 0.5) is 5.82 Å². The van der Waals surface area contributed by atoms with Gasteiger partial charge in [-0.1, -0.05) is 12.8 Å². The van der Waals surface area contributed by atoms with Crippen LogP contribution in [-0.2, 0) is 0 Å². The molecule has 1 N–H and O–H groups in total. The molecular formula is C14H18N2O2. The monoisotopic (exact) mass is 246 g/mol. The summed E-state index contributed by atoms with van der Waals surface area (Å²) in [5.41, 5.74) is 0.862. The molecule has 0 radical (unpaired) electrons. The first-order valence-electron chi connectivity index (χ1n) is 6.60. The summed E-state index contributed by atoms with van der Waals surface area (Å²) in [4.78, 5) is 6.74. The van der Waals surface area contributed by atoms with Gasteiger partial charge in [-0.15, -0.1) is 0 Å². The van der Waals surface area contributed by atoms with Crippen LogP contribution in [-0.4, -0.2) is 29.3 Å². The Labute approximate surface area is 106 Å². The molecule has 4 heteroatoms. The van der Waals surface area contributed by atoms with Gasteiger partial charge in [0.1, 0.15) is 11.4 Å². The summed E-state index contributed by atoms with van der Waals surface area (Å²) in [6.07, 6.45) is 8.40. The fourth-order valence-electron chi connectivity index (χ4n) is 2.89. The number of hydrogen-bond donors (Lipinski definition) is 1. The minimum Gasteiger partial charge on any atom is -0.464 e. The van der Waals surface area contributed by atoms with E-state index in [-0.39, 0.29) is 6.61 Å². The third-order valence-electron chi connectivity index (χ3n) is 3.74. The van der Waals surface area contributed by atoms with E-state index in [0.717, 1.165) is 16.8 Å². The second-order valence-electron chi connectivity index (χ2n) is 4.82. The fourth-order valence-corrected chi connectivity index (χ4v) is 2.89. The first-order valence-corrected chi connectivity index (χ1v) is 6.60. The summed E-state index contributed by atoms with van der Waals surface area (Å²) < 4.78 is 5.42. The Bertz CT molecular complexity index is 517. The number of aliphatic hydroxyl groups excluding tert-OH is 1. The van der Waals surface area contributed by atoms with E-state index in [2.05, 4.69) is 9.88 Å². The van der Waals surface area contributed by atoms with Crippen molar-refractivity contribution in [3.63, 3.8) is 0 Å². The first-order chi connectivity index (χ1) is 8.90. The molecule has 1 fully saturated rings. The lowest BCUT2D eigenvalue weighted by molar-refractivity contribution is 0.297. The molecule has 2 heterocycles. The molecule has 2 aromatic rings. The van der Waals surface area contributed by atoms with Crippen LogP contribution < -0.4 is 4.90 Å². The molecule has 0 spiro atoms. The van der Waals surface area contributed by atoms with Crippen molar-refractivity contribution in [3.05, 3.63) is 24.6 Å². The Hall–Kier alpha value is -1.55. The van der Waals surface area contributed by atoms with E-state index >= 15 is 0 Å². The van der Waals surface area contributed by atoms with Crippen LogP contribution in [0.2, 0.25) is 0 Å². The number of fused-ring (bicyclic) bond motifs is 1. The van der Waals surface area contributed by atoms with Crippen molar-refractivity contribution in [1.29, 1.82) is 0 Å². The molecule has 18 heavy (non-hydrogen) atoms. The minimum atomic E-state index is 0.159. The smallest absolute Gasteiger partial charge is 0.140 e. The van der Waals surface area contributed by atoms with Crippen molar-refractivity contribution < 1.29 is 9.52 Å². The summed E-state index contributed by atoms with van der Waals surface area (Å²) in [6.45, 7) is 0.800. The molecule has 96 valence electrons. The summed E-state index contributed by atoms with van der Waals surface area (Å²) in [5.74, 6) is 0.946. The van der Waals surface area contributed by atoms with Crippen molar-refractivity contribution in [1.82, 2.24) is 4.98 Å². The number of hydrogen-bond acceptors (Lipinski definition) is 4. The molecule has 0 unspecified atom stereocenters. The fraction of sp³-hybridized carbons (Fsp3) is 0.500. The Morgan fingerprint density at radius 2 is 2.17 bits per heavy atom. The largest absolute Gasteiger partial charge is 0.464 e. The second kappa shape index (κ2) is 4.98. The average Bonchev–Trinajstić information content (AvgIpc) is 3.06. The number of aromatic nitrogens is 1. The van der Waals surface area contributed by atoms with Crippen LogP contribution in [0, 0.1) is 0 Å². The van der Waals surface area contributed by atoms with E-state index in [4.69, 9.17) is 4.42 Å². The summed E-state index contributed by atoms with van der Waals surface area (Å²) >= 11 is 0. The molecule has 0 saturated heterocycles. The van der Waals surface area contributed by atoms with Gasteiger partial charge in [-0.05, 0) is 25.0 Å². The molecule has 1 aliphatic carbocycles. The Balaban J connectivity index is 2.00. The zero-order valence-corrected chi connectivity index (χ0v) is 10.4. The Kier molecular flexibility index (Phi) is 3.19. The number of pyridine rings is 1. The van der Waals surface area contributed by atoms with E-state index < -0.39 is 0 Å². The van der Waals surface area contributed by atoms with Gasteiger partial charge in [-0.25, -0.2) is 4.98 Å². The molecule has 0 aromatic carbocycles. The Morgan fingerprint density at radius 3 is 2.94 bits per heavy atom. The summed E-state index contributed by atoms with van der Waals surface area (Å²) in [5, 5.41) is 10.3. The summed E-state index contributed by atoms with van der Waals surface area (Å²) in [7, 11) is 0. The molecule has 1 saturated carbocycles. The first kappa shape index (κ1) is 11.5. The van der Waals surface area contributed by atoms with Crippen LogP contribution in [0.25, 0.3) is 11.0 Å². The maximum absolute atomic E-state index is 9.29. The maximum atomic E-state index is 9.29. The summed E-state index contributed by atoms with van der Waals surface area (Å²) in [6, 6.07) is 4.34. The highest BCUT2D eigenvalue weighted by Gasteiger charge is 2.24. The Morgan fingerprint density at radius 1 is 1.33 bits per heavy atom. The topological polar surface area (TPSA) is 49.5 Å². The number of rotatable bonds is 4. The maximum Gasteiger partial charge on any atom is 0.140 e. The molecular weight excluding hydrogens is 228 g/mol. The molecule has 3 rings (SSSR count). The number of anilines is 1. The van der Waals surface area contributed by atoms with Crippen LogP contribution in [0.1, 0.15) is 25.7 Å². The van der Waals surface area contributed by atoms with Gasteiger partial charge >= 0.3 is 0 Å². The van der Waals surface area contributed by atoms with Gasteiger partial charge in [0.15, 0.2) is 0 Å². The van der Waals surface area contributed by atoms with Gasteiger partial charge in [-0.2, -0.15) is 0 Å². The third kappa shape index (κ3) is 1.97. The van der Waals surface area contributed by atoms with Gasteiger partial charge in [0.2, 0.25) is 0 Å². The third-order valence-corrected chi connectivity index (χ3v) is 3.74. The van der Waals surface area contributed by atoms with Crippen molar-refractivity contribution in [2.24, 2.45) is 0 Å². The zero-order chi connectivity index (χ0) is 12.4. The van der Waals surface area contributed by atoms with Crippen molar-refractivity contribution in [2.75, 3.05) is 18.1 Å². The highest BCUT2D eigenvalue weighted by molar-refractivity contribution is 5.88. The van der Waals surface area contributed by atoms with Gasteiger partial charge < -0.3 is 14.4 Å². The van der Waals surface area contributed by atoms with Crippen LogP contribution >= 0.6 is 0 Å². The molecule has 1 aliphatic rings. The molecule has 4 nitrogen and oxygen atoms in total. The van der Waals surface area contributed by atoms with Gasteiger partial charge in [-0.3, -0.25) is 0 Å². The molecule has 0 aliphatic heterocycles. The van der Waals surface area contributed by atoms with Crippen LogP contribution in [0.3, 0.4) is 0 Å². The standard InChI is InChI=1S/C14H18N2O2/c17-9-8-16(11-3-1-2-4-11)14-12-6-10-18-13(12)5-7-15-14/h5-7,10-11,17H,1-4,8-9H2. The van der Waals surface area contributed by atoms with Crippen LogP contribution in [0.15, 0.2) is 29.0 Å². The van der Waals surface area contributed by atoms with Crippen molar-refractivity contribution in [3.8, 4) is 0 Å². The number of furan rings is 1. The SMILES string of the molecule is OCCN(c1nccc2occc12)C1CCCC1. The number of aliphatic hydroxyl groups is 1. The highest BCUT2D eigenvalue weighted by atomic mass is 16.3. The molecule has 2 aromatic heterocycles. The van der Waals surface area contributed by atoms with E-state index in [1.807, 2.05) is 12.1 Å². The predicted octanol–water partition coefficient (Wildman–Crippen LogP) is 2.57. The van der Waals surface area contributed by atoms with Crippen molar-refractivity contribution >= 4 is 16.8 Å². The molecule has 0 amide bonds. The second-order valence-corrected chi connectivity index (χ2v) is 4.82. The van der Waals surface area contributed by atoms with E-state index in [9.17, 15) is 5.11 Å². The zero-order valence-electron chi connectivity index (χ0n) is 10.4. The van der Waals surface area contributed by atoms with Gasteiger partial charge in [0.25, 0.3) is 0 Å². The predicted molar refractivity (Wildman–Crippen MR) is 70.7 cm³/mol. The van der Waals surface area contributed by atoms with Gasteiger partial charge in [0.05, 0.1) is 18.3 Å². The van der Waals surface area contributed by atoms with E-state index in [1.165, 1.54) is 25.7 Å².